The van der Waals surface area contributed by atoms with Crippen LogP contribution in [0.3, 0.4) is 0 Å². The van der Waals surface area contributed by atoms with Gasteiger partial charge in [0.1, 0.15) is 5.69 Å². The third kappa shape index (κ3) is 4.30. The van der Waals surface area contributed by atoms with Crippen molar-refractivity contribution in [1.29, 1.82) is 0 Å². The Morgan fingerprint density at radius 2 is 1.96 bits per heavy atom. The van der Waals surface area contributed by atoms with Crippen LogP contribution in [-0.4, -0.2) is 28.5 Å². The fourth-order valence-electron chi connectivity index (χ4n) is 3.82. The molecule has 27 heavy (non-hydrogen) atoms. The van der Waals surface area contributed by atoms with Gasteiger partial charge in [0, 0.05) is 29.7 Å². The maximum absolute atomic E-state index is 12.3. The number of pyridine rings is 1. The molecule has 1 aromatic carbocycles. The van der Waals surface area contributed by atoms with Crippen LogP contribution in [0.15, 0.2) is 48.8 Å². The molecule has 2 heterocycles. The minimum atomic E-state index is -0.0627. The fourth-order valence-corrected chi connectivity index (χ4v) is 3.82. The van der Waals surface area contributed by atoms with Crippen LogP contribution in [-0.2, 0) is 6.42 Å². The highest BCUT2D eigenvalue weighted by molar-refractivity contribution is 5.92. The summed E-state index contributed by atoms with van der Waals surface area (Å²) in [6, 6.07) is 12.4. The Bertz CT molecular complexity index is 894. The molecule has 1 amide bonds. The van der Waals surface area contributed by atoms with E-state index in [0.717, 1.165) is 31.5 Å². The summed E-state index contributed by atoms with van der Waals surface area (Å²) in [6.45, 7) is 0.817. The molecule has 0 spiro atoms. The number of aromatic amines is 1. The van der Waals surface area contributed by atoms with Gasteiger partial charge in [0.15, 0.2) is 0 Å². The molecule has 0 radical (unpaired) electrons. The highest BCUT2D eigenvalue weighted by atomic mass is 16.1. The molecule has 0 atom stereocenters. The van der Waals surface area contributed by atoms with Crippen molar-refractivity contribution in [3.8, 4) is 0 Å². The van der Waals surface area contributed by atoms with Crippen molar-refractivity contribution < 1.29 is 4.79 Å². The van der Waals surface area contributed by atoms with Crippen LogP contribution >= 0.6 is 0 Å². The first-order valence-electron chi connectivity index (χ1n) is 9.85. The molecule has 3 aromatic rings. The molecular formula is C22H26N4O. The van der Waals surface area contributed by atoms with Crippen molar-refractivity contribution in [2.45, 2.75) is 44.6 Å². The number of hydrogen-bond acceptors (Lipinski definition) is 3. The number of nitrogens with one attached hydrogen (secondary N) is 3. The van der Waals surface area contributed by atoms with E-state index in [1.54, 1.807) is 12.3 Å². The quantitative estimate of drug-likeness (QED) is 0.613. The molecule has 4 rings (SSSR count). The lowest BCUT2D eigenvalue weighted by Gasteiger charge is -2.22. The lowest BCUT2D eigenvalue weighted by atomic mass is 9.95. The first-order chi connectivity index (χ1) is 13.3. The van der Waals surface area contributed by atoms with E-state index in [2.05, 4.69) is 45.0 Å². The van der Waals surface area contributed by atoms with Crippen LogP contribution in [0.4, 0.5) is 5.69 Å². The number of nitrogens with zero attached hydrogens (tertiary/aromatic N) is 1. The number of hydrogen-bond donors (Lipinski definition) is 3. The normalized spacial score (nSPS) is 15.0. The smallest absolute Gasteiger partial charge is 0.270 e. The summed E-state index contributed by atoms with van der Waals surface area (Å²) in [5.74, 6) is -0.0627. The van der Waals surface area contributed by atoms with Gasteiger partial charge in [-0.2, -0.15) is 0 Å². The Labute approximate surface area is 159 Å². The summed E-state index contributed by atoms with van der Waals surface area (Å²) in [7, 11) is 0. The second-order valence-corrected chi connectivity index (χ2v) is 7.28. The molecule has 0 bridgehead atoms. The minimum absolute atomic E-state index is 0.0627. The molecule has 3 N–H and O–H groups in total. The second kappa shape index (κ2) is 8.25. The van der Waals surface area contributed by atoms with E-state index in [4.69, 9.17) is 0 Å². The zero-order chi connectivity index (χ0) is 18.5. The summed E-state index contributed by atoms with van der Waals surface area (Å²) in [5.41, 5.74) is 3.89. The van der Waals surface area contributed by atoms with Crippen LogP contribution in [0.1, 0.15) is 48.2 Å². The third-order valence-electron chi connectivity index (χ3n) is 5.33. The lowest BCUT2D eigenvalue weighted by Crippen LogP contribution is -2.36. The number of aromatic nitrogens is 2. The zero-order valence-corrected chi connectivity index (χ0v) is 15.5. The van der Waals surface area contributed by atoms with Crippen molar-refractivity contribution in [3.63, 3.8) is 0 Å². The van der Waals surface area contributed by atoms with E-state index < -0.39 is 0 Å². The molecule has 0 aliphatic heterocycles. The Kier molecular flexibility index (Phi) is 5.37. The molecule has 140 valence electrons. The number of H-pyrrole nitrogens is 1. The number of carbonyl (C=O) groups is 1. The SMILES string of the molecule is O=C(NC1CCCCC1)c1ccc(NCCc2c[nH]c3ccccc23)cn1. The van der Waals surface area contributed by atoms with E-state index in [0.29, 0.717) is 11.7 Å². The van der Waals surface area contributed by atoms with Crippen molar-refractivity contribution in [2.24, 2.45) is 0 Å². The van der Waals surface area contributed by atoms with Crippen LogP contribution < -0.4 is 10.6 Å². The molecule has 2 aromatic heterocycles. The van der Waals surface area contributed by atoms with Gasteiger partial charge >= 0.3 is 0 Å². The summed E-state index contributed by atoms with van der Waals surface area (Å²) >= 11 is 0. The molecule has 1 aliphatic carbocycles. The van der Waals surface area contributed by atoms with Gasteiger partial charge in [-0.25, -0.2) is 4.98 Å². The van der Waals surface area contributed by atoms with E-state index in [9.17, 15) is 4.79 Å². The average molecular weight is 362 g/mol. The fraction of sp³-hybridized carbons (Fsp3) is 0.364. The average Bonchev–Trinajstić information content (AvgIpc) is 3.12. The minimum Gasteiger partial charge on any atom is -0.383 e. The number of amides is 1. The van der Waals surface area contributed by atoms with Crippen LogP contribution in [0, 0.1) is 0 Å². The Balaban J connectivity index is 1.29. The van der Waals surface area contributed by atoms with Crippen molar-refractivity contribution in [1.82, 2.24) is 15.3 Å². The highest BCUT2D eigenvalue weighted by Crippen LogP contribution is 2.19. The number of carbonyl (C=O) groups excluding carboxylic acids is 1. The third-order valence-corrected chi connectivity index (χ3v) is 5.33. The zero-order valence-electron chi connectivity index (χ0n) is 15.5. The molecule has 0 saturated heterocycles. The van der Waals surface area contributed by atoms with Gasteiger partial charge in [0.2, 0.25) is 0 Å². The number of para-hydroxylation sites is 1. The van der Waals surface area contributed by atoms with E-state index >= 15 is 0 Å². The number of fused-ring (bicyclic) bond motifs is 1. The molecule has 1 fully saturated rings. The predicted molar refractivity (Wildman–Crippen MR) is 109 cm³/mol. The molecule has 1 saturated carbocycles. The predicted octanol–water partition coefficient (Wildman–Crippen LogP) is 4.28. The van der Waals surface area contributed by atoms with E-state index in [-0.39, 0.29) is 5.91 Å². The van der Waals surface area contributed by atoms with Gasteiger partial charge in [-0.15, -0.1) is 0 Å². The second-order valence-electron chi connectivity index (χ2n) is 7.28. The number of benzene rings is 1. The first kappa shape index (κ1) is 17.6. The van der Waals surface area contributed by atoms with Crippen LogP contribution in [0.25, 0.3) is 10.9 Å². The summed E-state index contributed by atoms with van der Waals surface area (Å²) in [6.07, 6.45) is 10.6. The lowest BCUT2D eigenvalue weighted by molar-refractivity contribution is 0.0922. The van der Waals surface area contributed by atoms with Gasteiger partial charge in [0.05, 0.1) is 11.9 Å². The van der Waals surface area contributed by atoms with Gasteiger partial charge in [-0.05, 0) is 43.0 Å². The number of anilines is 1. The standard InChI is InChI=1S/C22H26N4O/c27-22(26-17-6-2-1-3-7-17)21-11-10-18(15-25-21)23-13-12-16-14-24-20-9-5-4-8-19(16)20/h4-5,8-11,14-15,17,23-24H,1-3,6-7,12-13H2,(H,26,27). The van der Waals surface area contributed by atoms with Crippen LogP contribution in [0.5, 0.6) is 0 Å². The van der Waals surface area contributed by atoms with Gasteiger partial charge < -0.3 is 15.6 Å². The number of rotatable bonds is 6. The molecule has 0 unspecified atom stereocenters. The van der Waals surface area contributed by atoms with Crippen molar-refractivity contribution in [2.75, 3.05) is 11.9 Å². The topological polar surface area (TPSA) is 69.8 Å². The van der Waals surface area contributed by atoms with Crippen LogP contribution in [0.2, 0.25) is 0 Å². The Hall–Kier alpha value is -2.82. The van der Waals surface area contributed by atoms with E-state index in [1.807, 2.05) is 12.1 Å². The molecule has 1 aliphatic rings. The van der Waals surface area contributed by atoms with Crippen molar-refractivity contribution >= 4 is 22.5 Å². The summed E-state index contributed by atoms with van der Waals surface area (Å²) in [5, 5.41) is 7.77. The summed E-state index contributed by atoms with van der Waals surface area (Å²) in [4.78, 5) is 20.0. The monoisotopic (exact) mass is 362 g/mol. The van der Waals surface area contributed by atoms with Crippen molar-refractivity contribution in [3.05, 3.63) is 60.0 Å². The highest BCUT2D eigenvalue weighted by Gasteiger charge is 2.17. The van der Waals surface area contributed by atoms with E-state index in [1.165, 1.54) is 35.7 Å². The first-order valence-corrected chi connectivity index (χ1v) is 9.85. The largest absolute Gasteiger partial charge is 0.383 e. The Morgan fingerprint density at radius 3 is 2.78 bits per heavy atom. The van der Waals surface area contributed by atoms with Gasteiger partial charge in [0.25, 0.3) is 5.91 Å². The maximum Gasteiger partial charge on any atom is 0.270 e. The van der Waals surface area contributed by atoms with Gasteiger partial charge in [-0.3, -0.25) is 4.79 Å². The maximum atomic E-state index is 12.3. The summed E-state index contributed by atoms with van der Waals surface area (Å²) < 4.78 is 0. The Morgan fingerprint density at radius 1 is 1.11 bits per heavy atom. The molecule has 5 heteroatoms. The molecular weight excluding hydrogens is 336 g/mol. The van der Waals surface area contributed by atoms with Gasteiger partial charge in [-0.1, -0.05) is 37.5 Å². The molecule has 5 nitrogen and oxygen atoms in total.